The maximum Gasteiger partial charge on any atom is 0.254 e. The molecule has 0 radical (unpaired) electrons. The number of nitrogens with zero attached hydrogens (tertiary/aromatic N) is 1. The van der Waals surface area contributed by atoms with Crippen LogP contribution < -0.4 is 10.5 Å². The fraction of sp³-hybridized carbons (Fsp3) is 0.533. The van der Waals surface area contributed by atoms with Crippen LogP contribution in [0.3, 0.4) is 0 Å². The molecule has 5 heteroatoms. The van der Waals surface area contributed by atoms with Crippen LogP contribution in [0.2, 0.25) is 0 Å². The van der Waals surface area contributed by atoms with Crippen LogP contribution in [0.4, 0.5) is 5.69 Å². The number of hydrogen-bond acceptors (Lipinski definition) is 4. The van der Waals surface area contributed by atoms with Gasteiger partial charge in [-0.1, -0.05) is 0 Å². The summed E-state index contributed by atoms with van der Waals surface area (Å²) < 4.78 is 10.9. The van der Waals surface area contributed by atoms with Gasteiger partial charge < -0.3 is 20.1 Å². The molecule has 1 saturated heterocycles. The highest BCUT2D eigenvalue weighted by Crippen LogP contribution is 2.25. The molecule has 2 unspecified atom stereocenters. The molecule has 0 bridgehead atoms. The van der Waals surface area contributed by atoms with Crippen molar-refractivity contribution in [3.63, 3.8) is 0 Å². The molecule has 0 aliphatic carbocycles. The Bertz CT molecular complexity index is 490. The molecule has 2 N–H and O–H groups in total. The highest BCUT2D eigenvalue weighted by atomic mass is 16.5. The molecule has 110 valence electrons. The number of rotatable bonds is 4. The summed E-state index contributed by atoms with van der Waals surface area (Å²) in [6.45, 7) is 5.14. The predicted octanol–water partition coefficient (Wildman–Crippen LogP) is 1.92. The number of hydrogen-bond donors (Lipinski definition) is 1. The average Bonchev–Trinajstić information content (AvgIpc) is 2.86. The van der Waals surface area contributed by atoms with Gasteiger partial charge in [-0.2, -0.15) is 0 Å². The van der Waals surface area contributed by atoms with Crippen LogP contribution in [0.25, 0.3) is 0 Å². The van der Waals surface area contributed by atoms with Gasteiger partial charge in [0.05, 0.1) is 24.4 Å². The molecule has 0 aromatic heterocycles. The number of amides is 1. The van der Waals surface area contributed by atoms with Gasteiger partial charge in [0, 0.05) is 19.2 Å². The zero-order valence-electron chi connectivity index (χ0n) is 12.3. The van der Waals surface area contributed by atoms with E-state index in [1.54, 1.807) is 23.1 Å². The molecule has 0 spiro atoms. The largest absolute Gasteiger partial charge is 0.492 e. The quantitative estimate of drug-likeness (QED) is 0.855. The van der Waals surface area contributed by atoms with Crippen molar-refractivity contribution >= 4 is 11.6 Å². The summed E-state index contributed by atoms with van der Waals surface area (Å²) >= 11 is 0. The fourth-order valence-corrected chi connectivity index (χ4v) is 2.55. The minimum atomic E-state index is -0.0397. The molecule has 1 amide bonds. The molecule has 1 fully saturated rings. The van der Waals surface area contributed by atoms with Gasteiger partial charge in [-0.3, -0.25) is 4.79 Å². The third kappa shape index (κ3) is 2.88. The number of carbonyl (C=O) groups excluding carboxylic acids is 1. The van der Waals surface area contributed by atoms with Crippen molar-refractivity contribution in [1.29, 1.82) is 0 Å². The first kappa shape index (κ1) is 14.7. The van der Waals surface area contributed by atoms with Crippen LogP contribution in [0.15, 0.2) is 18.2 Å². The van der Waals surface area contributed by atoms with Crippen molar-refractivity contribution in [3.05, 3.63) is 23.8 Å². The second-order valence-corrected chi connectivity index (χ2v) is 5.03. The molecule has 1 aromatic rings. The summed E-state index contributed by atoms with van der Waals surface area (Å²) in [7, 11) is 1.81. The summed E-state index contributed by atoms with van der Waals surface area (Å²) in [6, 6.07) is 5.29. The number of carbonyl (C=O) groups is 1. The van der Waals surface area contributed by atoms with E-state index in [0.717, 1.165) is 6.42 Å². The molecular formula is C15H22N2O3. The van der Waals surface area contributed by atoms with Gasteiger partial charge in [-0.05, 0) is 38.5 Å². The van der Waals surface area contributed by atoms with Crippen LogP contribution in [0.5, 0.6) is 5.75 Å². The average molecular weight is 278 g/mol. The Morgan fingerprint density at radius 1 is 1.55 bits per heavy atom. The van der Waals surface area contributed by atoms with Crippen LogP contribution >= 0.6 is 0 Å². The third-order valence-corrected chi connectivity index (χ3v) is 3.71. The van der Waals surface area contributed by atoms with Crippen molar-refractivity contribution in [3.8, 4) is 5.75 Å². The van der Waals surface area contributed by atoms with E-state index in [0.29, 0.717) is 30.2 Å². The molecular weight excluding hydrogens is 256 g/mol. The SMILES string of the molecule is CCOc1ccc(C(=O)N(C)C2CCOC2C)cc1N. The van der Waals surface area contributed by atoms with Crippen molar-refractivity contribution < 1.29 is 14.3 Å². The maximum absolute atomic E-state index is 12.5. The maximum atomic E-state index is 12.5. The molecule has 1 aliphatic rings. The number of benzene rings is 1. The molecule has 0 saturated carbocycles. The van der Waals surface area contributed by atoms with E-state index in [1.807, 2.05) is 20.9 Å². The Kier molecular flexibility index (Phi) is 4.49. The molecule has 1 aromatic carbocycles. The van der Waals surface area contributed by atoms with Crippen molar-refractivity contribution in [2.45, 2.75) is 32.4 Å². The second-order valence-electron chi connectivity index (χ2n) is 5.03. The summed E-state index contributed by atoms with van der Waals surface area (Å²) in [6.07, 6.45) is 0.944. The molecule has 2 atom stereocenters. The second kappa shape index (κ2) is 6.13. The van der Waals surface area contributed by atoms with Crippen LogP contribution in [-0.4, -0.2) is 43.2 Å². The standard InChI is InChI=1S/C15H22N2O3/c1-4-19-14-6-5-11(9-12(14)16)15(18)17(3)13-7-8-20-10(13)2/h5-6,9-10,13H,4,7-8,16H2,1-3H3. The van der Waals surface area contributed by atoms with Gasteiger partial charge in [0.1, 0.15) is 5.75 Å². The Hall–Kier alpha value is -1.75. The molecule has 2 rings (SSSR count). The Balaban J connectivity index is 2.14. The summed E-state index contributed by atoms with van der Waals surface area (Å²) in [4.78, 5) is 14.2. The highest BCUT2D eigenvalue weighted by Gasteiger charge is 2.31. The lowest BCUT2D eigenvalue weighted by atomic mass is 10.1. The van der Waals surface area contributed by atoms with E-state index >= 15 is 0 Å². The highest BCUT2D eigenvalue weighted by molar-refractivity contribution is 5.95. The lowest BCUT2D eigenvalue weighted by Crippen LogP contribution is -2.41. The number of nitrogens with two attached hydrogens (primary N) is 1. The lowest BCUT2D eigenvalue weighted by molar-refractivity contribution is 0.0574. The van der Waals surface area contributed by atoms with Crippen molar-refractivity contribution in [2.24, 2.45) is 0 Å². The smallest absolute Gasteiger partial charge is 0.254 e. The van der Waals surface area contributed by atoms with Crippen molar-refractivity contribution in [1.82, 2.24) is 4.90 Å². The van der Waals surface area contributed by atoms with Gasteiger partial charge in [-0.15, -0.1) is 0 Å². The summed E-state index contributed by atoms with van der Waals surface area (Å²) in [5.41, 5.74) is 6.97. The van der Waals surface area contributed by atoms with Crippen LogP contribution in [-0.2, 0) is 4.74 Å². The first-order valence-electron chi connectivity index (χ1n) is 6.95. The normalized spacial score (nSPS) is 21.8. The number of nitrogen functional groups attached to an aromatic ring is 1. The molecule has 20 heavy (non-hydrogen) atoms. The van der Waals surface area contributed by atoms with Gasteiger partial charge in [-0.25, -0.2) is 0 Å². The van der Waals surface area contributed by atoms with Crippen LogP contribution in [0, 0.1) is 0 Å². The van der Waals surface area contributed by atoms with Crippen LogP contribution in [0.1, 0.15) is 30.6 Å². The van der Waals surface area contributed by atoms with Crippen molar-refractivity contribution in [2.75, 3.05) is 26.0 Å². The summed E-state index contributed by atoms with van der Waals surface area (Å²) in [5.74, 6) is 0.575. The van der Waals surface area contributed by atoms with E-state index in [9.17, 15) is 4.79 Å². The summed E-state index contributed by atoms with van der Waals surface area (Å²) in [5, 5.41) is 0. The Morgan fingerprint density at radius 3 is 2.85 bits per heavy atom. The van der Waals surface area contributed by atoms with E-state index < -0.39 is 0 Å². The first-order chi connectivity index (χ1) is 9.54. The van der Waals surface area contributed by atoms with E-state index in [1.165, 1.54) is 0 Å². The van der Waals surface area contributed by atoms with E-state index in [-0.39, 0.29) is 18.1 Å². The first-order valence-corrected chi connectivity index (χ1v) is 6.95. The minimum Gasteiger partial charge on any atom is -0.492 e. The van der Waals surface area contributed by atoms with E-state index in [4.69, 9.17) is 15.2 Å². The Morgan fingerprint density at radius 2 is 2.30 bits per heavy atom. The minimum absolute atomic E-state index is 0.0397. The number of anilines is 1. The zero-order valence-corrected chi connectivity index (χ0v) is 12.3. The van der Waals surface area contributed by atoms with Gasteiger partial charge in [0.15, 0.2) is 0 Å². The third-order valence-electron chi connectivity index (χ3n) is 3.71. The predicted molar refractivity (Wildman–Crippen MR) is 77.9 cm³/mol. The number of ether oxygens (including phenoxy) is 2. The monoisotopic (exact) mass is 278 g/mol. The van der Waals surface area contributed by atoms with E-state index in [2.05, 4.69) is 0 Å². The zero-order chi connectivity index (χ0) is 14.7. The Labute approximate surface area is 119 Å². The lowest BCUT2D eigenvalue weighted by Gasteiger charge is -2.27. The molecule has 5 nitrogen and oxygen atoms in total. The van der Waals surface area contributed by atoms with Gasteiger partial charge in [0.25, 0.3) is 5.91 Å². The van der Waals surface area contributed by atoms with Gasteiger partial charge >= 0.3 is 0 Å². The van der Waals surface area contributed by atoms with Gasteiger partial charge in [0.2, 0.25) is 0 Å². The number of likely N-dealkylation sites (N-methyl/N-ethyl adjacent to an activating group) is 1. The topological polar surface area (TPSA) is 64.8 Å². The molecule has 1 heterocycles. The molecule has 1 aliphatic heterocycles. The fourth-order valence-electron chi connectivity index (χ4n) is 2.55.